The molecule has 7 nitrogen and oxygen atoms in total. The Balaban J connectivity index is 1.48. The molecule has 190 valence electrons. The normalized spacial score (nSPS) is 17.6. The van der Waals surface area contributed by atoms with Crippen LogP contribution in [0.1, 0.15) is 22.7 Å². The number of hydrogen-bond acceptors (Lipinski definition) is 6. The highest BCUT2D eigenvalue weighted by molar-refractivity contribution is 7.09. The van der Waals surface area contributed by atoms with Crippen molar-refractivity contribution in [3.05, 3.63) is 81.3 Å². The summed E-state index contributed by atoms with van der Waals surface area (Å²) in [5.74, 6) is 0.501. The van der Waals surface area contributed by atoms with Crippen LogP contribution in [0.25, 0.3) is 0 Å². The molecule has 1 aliphatic rings. The number of aryl methyl sites for hydroxylation is 1. The predicted octanol–water partition coefficient (Wildman–Crippen LogP) is 4.37. The molecule has 0 N–H and O–H groups in total. The highest BCUT2D eigenvalue weighted by atomic mass is 35.5. The molecular weight excluding hydrogens is 498 g/mol. The van der Waals surface area contributed by atoms with Gasteiger partial charge in [-0.2, -0.15) is 0 Å². The second-order valence-corrected chi connectivity index (χ2v) is 10.5. The third-order valence-corrected chi connectivity index (χ3v) is 7.15. The number of amides is 2. The van der Waals surface area contributed by atoms with Crippen molar-refractivity contribution in [1.82, 2.24) is 14.8 Å². The van der Waals surface area contributed by atoms with Crippen LogP contribution in [0, 0.1) is 6.92 Å². The molecule has 4 rings (SSSR count). The van der Waals surface area contributed by atoms with E-state index in [4.69, 9.17) is 21.1 Å². The van der Waals surface area contributed by atoms with E-state index in [9.17, 15) is 9.59 Å². The molecule has 0 spiro atoms. The zero-order valence-corrected chi connectivity index (χ0v) is 22.1. The van der Waals surface area contributed by atoms with Gasteiger partial charge in [-0.1, -0.05) is 41.9 Å². The van der Waals surface area contributed by atoms with Gasteiger partial charge in [0.05, 0.1) is 36.7 Å². The van der Waals surface area contributed by atoms with Crippen LogP contribution in [0.2, 0.25) is 5.02 Å². The summed E-state index contributed by atoms with van der Waals surface area (Å²) in [5, 5.41) is 3.45. The van der Waals surface area contributed by atoms with E-state index < -0.39 is 5.60 Å². The molecule has 0 saturated carbocycles. The molecule has 0 unspecified atom stereocenters. The number of halogens is 1. The van der Waals surface area contributed by atoms with Gasteiger partial charge in [-0.3, -0.25) is 9.59 Å². The van der Waals surface area contributed by atoms with Crippen LogP contribution < -0.4 is 4.74 Å². The fourth-order valence-corrected chi connectivity index (χ4v) is 4.90. The van der Waals surface area contributed by atoms with Gasteiger partial charge in [0, 0.05) is 30.5 Å². The Hall–Kier alpha value is -2.94. The fraction of sp³-hybridized carbons (Fsp3) is 0.370. The minimum atomic E-state index is -0.979. The Morgan fingerprint density at radius 2 is 1.94 bits per heavy atom. The highest BCUT2D eigenvalue weighted by Gasteiger charge is 2.42. The number of morpholine rings is 1. The lowest BCUT2D eigenvalue weighted by Crippen LogP contribution is -2.58. The van der Waals surface area contributed by atoms with Crippen molar-refractivity contribution in [2.45, 2.75) is 31.9 Å². The molecule has 36 heavy (non-hydrogen) atoms. The standard InChI is InChI=1S/C27H30ClN3O4S/c1-20-29-23(17-36-20)14-25(32)31-12-13-35-27(18-31,19-34-24-10-8-22(28)9-11-24)15-26(33)30(2)16-21-6-4-3-5-7-21/h3-11,17H,12-16,18-19H2,1-2H3/t27-/m0/s1. The van der Waals surface area contributed by atoms with Crippen LogP contribution in [0.5, 0.6) is 5.75 Å². The lowest BCUT2D eigenvalue weighted by molar-refractivity contribution is -0.165. The number of carbonyl (C=O) groups is 2. The van der Waals surface area contributed by atoms with E-state index in [-0.39, 0.29) is 37.8 Å². The number of thiazole rings is 1. The molecule has 3 aromatic rings. The van der Waals surface area contributed by atoms with Gasteiger partial charge in [0.2, 0.25) is 11.8 Å². The van der Waals surface area contributed by atoms with Crippen LogP contribution in [0.4, 0.5) is 0 Å². The molecule has 1 aromatic heterocycles. The molecule has 1 fully saturated rings. The number of rotatable bonds is 9. The van der Waals surface area contributed by atoms with E-state index in [1.165, 1.54) is 11.3 Å². The van der Waals surface area contributed by atoms with Gasteiger partial charge < -0.3 is 19.3 Å². The zero-order valence-electron chi connectivity index (χ0n) is 20.5. The Labute approximate surface area is 220 Å². The average molecular weight is 528 g/mol. The third kappa shape index (κ3) is 7.06. The van der Waals surface area contributed by atoms with E-state index in [2.05, 4.69) is 4.98 Å². The topological polar surface area (TPSA) is 72.0 Å². The van der Waals surface area contributed by atoms with Gasteiger partial charge in [-0.05, 0) is 36.8 Å². The second kappa shape index (κ2) is 11.9. The zero-order chi connectivity index (χ0) is 25.5. The van der Waals surface area contributed by atoms with Crippen molar-refractivity contribution in [2.24, 2.45) is 0 Å². The third-order valence-electron chi connectivity index (χ3n) is 6.08. The first-order chi connectivity index (χ1) is 17.3. The largest absolute Gasteiger partial charge is 0.490 e. The van der Waals surface area contributed by atoms with Crippen molar-refractivity contribution >= 4 is 34.8 Å². The van der Waals surface area contributed by atoms with Gasteiger partial charge in [0.1, 0.15) is 18.0 Å². The van der Waals surface area contributed by atoms with Crippen LogP contribution in [0.15, 0.2) is 60.0 Å². The van der Waals surface area contributed by atoms with Crippen molar-refractivity contribution in [3.63, 3.8) is 0 Å². The minimum absolute atomic E-state index is 0.0374. The van der Waals surface area contributed by atoms with Gasteiger partial charge in [0.15, 0.2) is 0 Å². The summed E-state index contributed by atoms with van der Waals surface area (Å²) in [7, 11) is 1.78. The number of hydrogen-bond donors (Lipinski definition) is 0. The number of benzene rings is 2. The van der Waals surface area contributed by atoms with Crippen LogP contribution >= 0.6 is 22.9 Å². The van der Waals surface area contributed by atoms with Crippen molar-refractivity contribution in [2.75, 3.05) is 33.4 Å². The SMILES string of the molecule is Cc1nc(CC(=O)N2CCO[C@@](COc3ccc(Cl)cc3)(CC(=O)N(C)Cc3ccccc3)C2)cs1. The molecule has 1 aliphatic heterocycles. The van der Waals surface area contributed by atoms with Gasteiger partial charge in [-0.15, -0.1) is 11.3 Å². The fourth-order valence-electron chi connectivity index (χ4n) is 4.16. The van der Waals surface area contributed by atoms with E-state index in [1.54, 1.807) is 41.1 Å². The quantitative estimate of drug-likeness (QED) is 0.413. The lowest BCUT2D eigenvalue weighted by atomic mass is 9.96. The Bertz CT molecular complexity index is 1170. The summed E-state index contributed by atoms with van der Waals surface area (Å²) in [5.41, 5.74) is 0.823. The number of carbonyl (C=O) groups excluding carboxylic acids is 2. The highest BCUT2D eigenvalue weighted by Crippen LogP contribution is 2.27. The maximum absolute atomic E-state index is 13.3. The van der Waals surface area contributed by atoms with Crippen LogP contribution in [-0.2, 0) is 27.3 Å². The van der Waals surface area contributed by atoms with E-state index in [1.807, 2.05) is 42.6 Å². The maximum atomic E-state index is 13.3. The number of ether oxygens (including phenoxy) is 2. The van der Waals surface area contributed by atoms with Gasteiger partial charge in [-0.25, -0.2) is 4.98 Å². The van der Waals surface area contributed by atoms with Crippen molar-refractivity contribution in [3.8, 4) is 5.75 Å². The smallest absolute Gasteiger partial charge is 0.228 e. The Morgan fingerprint density at radius 1 is 1.19 bits per heavy atom. The molecule has 2 aromatic carbocycles. The minimum Gasteiger partial charge on any atom is -0.490 e. The first-order valence-electron chi connectivity index (χ1n) is 11.8. The molecule has 0 radical (unpaired) electrons. The number of nitrogens with zero attached hydrogens (tertiary/aromatic N) is 3. The summed E-state index contributed by atoms with van der Waals surface area (Å²) in [6.45, 7) is 3.57. The summed E-state index contributed by atoms with van der Waals surface area (Å²) in [4.78, 5) is 34.3. The molecule has 1 atom stereocenters. The number of aromatic nitrogens is 1. The summed E-state index contributed by atoms with van der Waals surface area (Å²) < 4.78 is 12.3. The van der Waals surface area contributed by atoms with E-state index >= 15 is 0 Å². The Kier molecular flexibility index (Phi) is 8.61. The van der Waals surface area contributed by atoms with Crippen molar-refractivity contribution < 1.29 is 19.1 Å². The molecular formula is C27H30ClN3O4S. The van der Waals surface area contributed by atoms with E-state index in [0.717, 1.165) is 16.3 Å². The summed E-state index contributed by atoms with van der Waals surface area (Å²) >= 11 is 7.53. The molecule has 1 saturated heterocycles. The lowest BCUT2D eigenvalue weighted by Gasteiger charge is -2.42. The van der Waals surface area contributed by atoms with Gasteiger partial charge in [0.25, 0.3) is 0 Å². The maximum Gasteiger partial charge on any atom is 0.228 e. The summed E-state index contributed by atoms with van der Waals surface area (Å²) in [6, 6.07) is 16.9. The molecule has 2 heterocycles. The molecule has 0 aliphatic carbocycles. The predicted molar refractivity (Wildman–Crippen MR) is 140 cm³/mol. The van der Waals surface area contributed by atoms with E-state index in [0.29, 0.717) is 30.5 Å². The first-order valence-corrected chi connectivity index (χ1v) is 13.1. The monoisotopic (exact) mass is 527 g/mol. The Morgan fingerprint density at radius 3 is 2.64 bits per heavy atom. The average Bonchev–Trinajstić information content (AvgIpc) is 3.28. The molecule has 9 heteroatoms. The van der Waals surface area contributed by atoms with Crippen LogP contribution in [-0.4, -0.2) is 65.6 Å². The van der Waals surface area contributed by atoms with Crippen molar-refractivity contribution in [1.29, 1.82) is 0 Å². The summed E-state index contributed by atoms with van der Waals surface area (Å²) in [6.07, 6.45) is 0.309. The first kappa shape index (κ1) is 26.1. The molecule has 0 bridgehead atoms. The van der Waals surface area contributed by atoms with Gasteiger partial charge >= 0.3 is 0 Å². The second-order valence-electron chi connectivity index (χ2n) is 9.04. The van der Waals surface area contributed by atoms with Crippen LogP contribution in [0.3, 0.4) is 0 Å². The molecule has 2 amide bonds.